The van der Waals surface area contributed by atoms with Gasteiger partial charge in [0.05, 0.1) is 7.11 Å². The molecule has 0 saturated carbocycles. The molecule has 2 saturated heterocycles. The van der Waals surface area contributed by atoms with E-state index in [1.54, 1.807) is 11.4 Å². The minimum atomic E-state index is -3.41. The summed E-state index contributed by atoms with van der Waals surface area (Å²) in [7, 11) is -1.75. The van der Waals surface area contributed by atoms with E-state index in [4.69, 9.17) is 4.74 Å². The summed E-state index contributed by atoms with van der Waals surface area (Å²) in [6.07, 6.45) is 5.35. The first-order valence-electron chi connectivity index (χ1n) is 9.23. The number of ether oxygens (including phenoxy) is 1. The fraction of sp³-hybridized carbons (Fsp3) is 0.667. The van der Waals surface area contributed by atoms with Crippen molar-refractivity contribution in [3.05, 3.63) is 29.8 Å². The summed E-state index contributed by atoms with van der Waals surface area (Å²) in [5.41, 5.74) is 1.10. The first kappa shape index (κ1) is 18.6. The maximum atomic E-state index is 12.6. The van der Waals surface area contributed by atoms with Crippen molar-refractivity contribution in [2.75, 3.05) is 39.8 Å². The van der Waals surface area contributed by atoms with E-state index < -0.39 is 10.2 Å². The minimum absolute atomic E-state index is 0.0390. The first-order chi connectivity index (χ1) is 12.1. The molecule has 0 bridgehead atoms. The molecule has 1 N–H and O–H groups in total. The van der Waals surface area contributed by atoms with Crippen molar-refractivity contribution >= 4 is 10.2 Å². The zero-order valence-electron chi connectivity index (χ0n) is 15.0. The summed E-state index contributed by atoms with van der Waals surface area (Å²) in [6, 6.07) is 8.00. The van der Waals surface area contributed by atoms with E-state index in [1.807, 2.05) is 18.2 Å². The largest absolute Gasteiger partial charge is 0.497 e. The van der Waals surface area contributed by atoms with E-state index in [0.29, 0.717) is 19.6 Å². The molecule has 3 rings (SSSR count). The fourth-order valence-electron chi connectivity index (χ4n) is 3.74. The highest BCUT2D eigenvalue weighted by atomic mass is 32.2. The molecule has 140 valence electrons. The number of piperidine rings is 1. The maximum absolute atomic E-state index is 12.6. The molecule has 0 aliphatic carbocycles. The van der Waals surface area contributed by atoms with Crippen LogP contribution in [0.4, 0.5) is 0 Å². The number of nitrogens with zero attached hydrogens (tertiary/aromatic N) is 2. The number of hydrogen-bond acceptors (Lipinski definition) is 4. The number of nitrogens with one attached hydrogen (secondary N) is 1. The molecule has 1 aromatic carbocycles. The third-order valence-electron chi connectivity index (χ3n) is 5.17. The van der Waals surface area contributed by atoms with Crippen LogP contribution in [0.2, 0.25) is 0 Å². The zero-order chi connectivity index (χ0) is 17.7. The van der Waals surface area contributed by atoms with Gasteiger partial charge in [0.15, 0.2) is 0 Å². The molecule has 0 amide bonds. The van der Waals surface area contributed by atoms with Crippen molar-refractivity contribution in [3.8, 4) is 5.75 Å². The van der Waals surface area contributed by atoms with E-state index in [0.717, 1.165) is 43.7 Å². The number of benzene rings is 1. The molecule has 7 heteroatoms. The standard InChI is InChI=1S/C18H29N3O3S/c1-24-17-9-7-8-16(14-17)18(20-10-5-6-11-20)15-19-25(22,23)21-12-3-2-4-13-21/h7-9,14,18-19H,2-6,10-13,15H2,1H3. The molecule has 2 heterocycles. The lowest BCUT2D eigenvalue weighted by Crippen LogP contribution is -2.46. The van der Waals surface area contributed by atoms with Gasteiger partial charge in [0.1, 0.15) is 5.75 Å². The number of likely N-dealkylation sites (tertiary alicyclic amines) is 1. The second kappa shape index (κ2) is 8.49. The Morgan fingerprint density at radius 2 is 1.76 bits per heavy atom. The van der Waals surface area contributed by atoms with E-state index in [2.05, 4.69) is 15.7 Å². The summed E-state index contributed by atoms with van der Waals surface area (Å²) in [4.78, 5) is 2.37. The molecular formula is C18H29N3O3S. The Kier molecular flexibility index (Phi) is 6.33. The van der Waals surface area contributed by atoms with Gasteiger partial charge in [0.25, 0.3) is 10.2 Å². The Morgan fingerprint density at radius 1 is 1.08 bits per heavy atom. The molecule has 1 aromatic rings. The maximum Gasteiger partial charge on any atom is 0.279 e. The molecule has 1 unspecified atom stereocenters. The molecule has 1 atom stereocenters. The van der Waals surface area contributed by atoms with E-state index in [1.165, 1.54) is 12.8 Å². The Labute approximate surface area is 151 Å². The van der Waals surface area contributed by atoms with E-state index in [-0.39, 0.29) is 6.04 Å². The molecule has 0 aromatic heterocycles. The van der Waals surface area contributed by atoms with Gasteiger partial charge in [0, 0.05) is 25.7 Å². The Bertz CT molecular complexity index is 653. The van der Waals surface area contributed by atoms with Crippen LogP contribution in [0.15, 0.2) is 24.3 Å². The van der Waals surface area contributed by atoms with Crippen molar-refractivity contribution in [1.82, 2.24) is 13.9 Å². The van der Waals surface area contributed by atoms with Crippen molar-refractivity contribution < 1.29 is 13.2 Å². The average molecular weight is 368 g/mol. The third-order valence-corrected chi connectivity index (χ3v) is 6.75. The van der Waals surface area contributed by atoms with Gasteiger partial charge in [-0.25, -0.2) is 4.72 Å². The van der Waals surface area contributed by atoms with Crippen LogP contribution in [0.3, 0.4) is 0 Å². The van der Waals surface area contributed by atoms with Crippen LogP contribution < -0.4 is 9.46 Å². The van der Waals surface area contributed by atoms with Crippen LogP contribution in [0.25, 0.3) is 0 Å². The van der Waals surface area contributed by atoms with Gasteiger partial charge >= 0.3 is 0 Å². The lowest BCUT2D eigenvalue weighted by Gasteiger charge is -2.31. The van der Waals surface area contributed by atoms with Crippen LogP contribution in [0, 0.1) is 0 Å². The van der Waals surface area contributed by atoms with Crippen LogP contribution in [0.5, 0.6) is 5.75 Å². The van der Waals surface area contributed by atoms with Crippen molar-refractivity contribution in [2.45, 2.75) is 38.1 Å². The Balaban J connectivity index is 1.73. The number of methoxy groups -OCH3 is 1. The van der Waals surface area contributed by atoms with Gasteiger partial charge in [-0.3, -0.25) is 4.90 Å². The van der Waals surface area contributed by atoms with Crippen LogP contribution in [-0.2, 0) is 10.2 Å². The molecule has 2 fully saturated rings. The molecule has 0 radical (unpaired) electrons. The topological polar surface area (TPSA) is 61.9 Å². The van der Waals surface area contributed by atoms with Gasteiger partial charge in [-0.15, -0.1) is 0 Å². The lowest BCUT2D eigenvalue weighted by molar-refractivity contribution is 0.243. The molecule has 2 aliphatic heterocycles. The summed E-state index contributed by atoms with van der Waals surface area (Å²) in [5, 5.41) is 0. The van der Waals surface area contributed by atoms with Crippen LogP contribution in [0.1, 0.15) is 43.7 Å². The lowest BCUT2D eigenvalue weighted by atomic mass is 10.1. The zero-order valence-corrected chi connectivity index (χ0v) is 15.8. The highest BCUT2D eigenvalue weighted by molar-refractivity contribution is 7.87. The highest BCUT2D eigenvalue weighted by Gasteiger charge is 2.28. The van der Waals surface area contributed by atoms with Crippen molar-refractivity contribution in [3.63, 3.8) is 0 Å². The van der Waals surface area contributed by atoms with E-state index in [9.17, 15) is 8.42 Å². The fourth-order valence-corrected chi connectivity index (χ4v) is 5.03. The van der Waals surface area contributed by atoms with Gasteiger partial charge < -0.3 is 4.74 Å². The Hall–Kier alpha value is -1.15. The quantitative estimate of drug-likeness (QED) is 0.802. The predicted molar refractivity (Wildman–Crippen MR) is 98.9 cm³/mol. The van der Waals surface area contributed by atoms with Gasteiger partial charge in [0.2, 0.25) is 0 Å². The SMILES string of the molecule is COc1cccc(C(CNS(=O)(=O)N2CCCCC2)N2CCCC2)c1. The van der Waals surface area contributed by atoms with Crippen molar-refractivity contribution in [2.24, 2.45) is 0 Å². The second-order valence-electron chi connectivity index (χ2n) is 6.85. The monoisotopic (exact) mass is 367 g/mol. The molecule has 25 heavy (non-hydrogen) atoms. The third kappa shape index (κ3) is 4.73. The molecule has 2 aliphatic rings. The summed E-state index contributed by atoms with van der Waals surface area (Å²) >= 11 is 0. The van der Waals surface area contributed by atoms with Crippen molar-refractivity contribution in [1.29, 1.82) is 0 Å². The molecule has 0 spiro atoms. The smallest absolute Gasteiger partial charge is 0.279 e. The molecule has 6 nitrogen and oxygen atoms in total. The summed E-state index contributed by atoms with van der Waals surface area (Å²) < 4.78 is 35.0. The van der Waals surface area contributed by atoms with Crippen LogP contribution >= 0.6 is 0 Å². The second-order valence-corrected chi connectivity index (χ2v) is 8.60. The van der Waals surface area contributed by atoms with Gasteiger partial charge in [-0.1, -0.05) is 18.6 Å². The van der Waals surface area contributed by atoms with E-state index >= 15 is 0 Å². The van der Waals surface area contributed by atoms with Gasteiger partial charge in [-0.05, 0) is 56.5 Å². The predicted octanol–water partition coefficient (Wildman–Crippen LogP) is 2.15. The normalized spacial score (nSPS) is 21.3. The number of rotatable bonds is 7. The minimum Gasteiger partial charge on any atom is -0.497 e. The molecular weight excluding hydrogens is 338 g/mol. The summed E-state index contributed by atoms with van der Waals surface area (Å²) in [6.45, 7) is 3.67. The van der Waals surface area contributed by atoms with Crippen LogP contribution in [-0.4, -0.2) is 57.5 Å². The first-order valence-corrected chi connectivity index (χ1v) is 10.7. The number of hydrogen-bond donors (Lipinski definition) is 1. The average Bonchev–Trinajstić information content (AvgIpc) is 3.17. The summed E-state index contributed by atoms with van der Waals surface area (Å²) in [5.74, 6) is 0.806. The Morgan fingerprint density at radius 3 is 2.44 bits per heavy atom. The van der Waals surface area contributed by atoms with Gasteiger partial charge in [-0.2, -0.15) is 12.7 Å². The highest BCUT2D eigenvalue weighted by Crippen LogP contribution is 2.27.